The van der Waals surface area contributed by atoms with Crippen LogP contribution in [0.2, 0.25) is 0 Å². The lowest BCUT2D eigenvalue weighted by Crippen LogP contribution is -2.47. The van der Waals surface area contributed by atoms with Gasteiger partial charge in [0, 0.05) is 24.0 Å². The molecule has 3 rings (SSSR count). The Hall–Kier alpha value is -2.21. The summed E-state index contributed by atoms with van der Waals surface area (Å²) in [5.41, 5.74) is 0.985. The molecule has 134 valence electrons. The fourth-order valence-corrected chi connectivity index (χ4v) is 3.25. The summed E-state index contributed by atoms with van der Waals surface area (Å²) in [4.78, 5) is 18.0. The van der Waals surface area contributed by atoms with E-state index in [1.165, 1.54) is 17.0 Å². The summed E-state index contributed by atoms with van der Waals surface area (Å²) in [6.07, 6.45) is 1.09. The average molecular weight is 346 g/mol. The normalized spacial score (nSPS) is 21.4. The topological polar surface area (TPSA) is 62.7 Å². The standard InChI is InChI=1S/C19H23FN2O3/c1-19(2,3)25-18(24)22-9-7-14(17(23)11-22)13-6-8-21-16-5-4-12(20)10-15(13)16/h4-6,8,10,14,17,23H,7,9,11H2,1-3H3/t14-,17-/m1/s1. The molecule has 2 atom stereocenters. The van der Waals surface area contributed by atoms with E-state index in [-0.39, 0.29) is 18.3 Å². The van der Waals surface area contributed by atoms with E-state index in [1.807, 2.05) is 26.8 Å². The third-order valence-corrected chi connectivity index (χ3v) is 4.37. The molecule has 2 aromatic rings. The summed E-state index contributed by atoms with van der Waals surface area (Å²) in [5.74, 6) is -0.506. The zero-order valence-electron chi connectivity index (χ0n) is 14.7. The third-order valence-electron chi connectivity index (χ3n) is 4.37. The van der Waals surface area contributed by atoms with Crippen molar-refractivity contribution >= 4 is 17.0 Å². The van der Waals surface area contributed by atoms with Crippen molar-refractivity contribution in [3.05, 3.63) is 41.8 Å². The second-order valence-electron chi connectivity index (χ2n) is 7.45. The molecule has 0 bridgehead atoms. The first kappa shape index (κ1) is 17.6. The Balaban J connectivity index is 1.81. The Morgan fingerprint density at radius 1 is 1.36 bits per heavy atom. The van der Waals surface area contributed by atoms with E-state index in [2.05, 4.69) is 4.98 Å². The van der Waals surface area contributed by atoms with Gasteiger partial charge in [-0.05, 0) is 57.0 Å². The van der Waals surface area contributed by atoms with Gasteiger partial charge in [-0.25, -0.2) is 9.18 Å². The molecule has 1 amide bonds. The van der Waals surface area contributed by atoms with Gasteiger partial charge in [0.2, 0.25) is 0 Å². The number of fused-ring (bicyclic) bond motifs is 1. The van der Waals surface area contributed by atoms with Gasteiger partial charge in [-0.3, -0.25) is 4.98 Å². The van der Waals surface area contributed by atoms with Gasteiger partial charge in [-0.2, -0.15) is 0 Å². The highest BCUT2D eigenvalue weighted by Crippen LogP contribution is 2.33. The fraction of sp³-hybridized carbons (Fsp3) is 0.474. The van der Waals surface area contributed by atoms with Crippen molar-refractivity contribution < 1.29 is 19.0 Å². The molecule has 2 heterocycles. The molecule has 0 radical (unpaired) electrons. The lowest BCUT2D eigenvalue weighted by atomic mass is 9.85. The van der Waals surface area contributed by atoms with Crippen molar-refractivity contribution in [3.63, 3.8) is 0 Å². The van der Waals surface area contributed by atoms with Crippen LogP contribution in [0.25, 0.3) is 10.9 Å². The van der Waals surface area contributed by atoms with Gasteiger partial charge in [-0.15, -0.1) is 0 Å². The first-order chi connectivity index (χ1) is 11.7. The van der Waals surface area contributed by atoms with Crippen LogP contribution in [0.15, 0.2) is 30.5 Å². The molecule has 5 nitrogen and oxygen atoms in total. The number of β-amino-alcohol motifs (C(OH)–C–C–N with tert-alkyl or cyclic N) is 1. The van der Waals surface area contributed by atoms with Gasteiger partial charge in [0.25, 0.3) is 0 Å². The average Bonchev–Trinajstić information content (AvgIpc) is 2.53. The highest BCUT2D eigenvalue weighted by Gasteiger charge is 2.34. The quantitative estimate of drug-likeness (QED) is 0.859. The van der Waals surface area contributed by atoms with Crippen LogP contribution in [0, 0.1) is 5.82 Å². The van der Waals surface area contributed by atoms with Crippen LogP contribution in [0.5, 0.6) is 0 Å². The number of aliphatic hydroxyl groups excluding tert-OH is 1. The van der Waals surface area contributed by atoms with Crippen LogP contribution < -0.4 is 0 Å². The van der Waals surface area contributed by atoms with Crippen molar-refractivity contribution in [2.24, 2.45) is 0 Å². The molecule has 1 aromatic heterocycles. The second kappa shape index (κ2) is 6.59. The number of carbonyl (C=O) groups excluding carboxylic acids is 1. The number of hydrogen-bond donors (Lipinski definition) is 1. The first-order valence-corrected chi connectivity index (χ1v) is 8.45. The minimum absolute atomic E-state index is 0.175. The number of amides is 1. The molecule has 25 heavy (non-hydrogen) atoms. The van der Waals surface area contributed by atoms with Crippen LogP contribution in [0.1, 0.15) is 38.7 Å². The van der Waals surface area contributed by atoms with Crippen molar-refractivity contribution in [2.45, 2.75) is 44.8 Å². The number of ether oxygens (including phenoxy) is 1. The number of aliphatic hydroxyl groups is 1. The third kappa shape index (κ3) is 3.90. The second-order valence-corrected chi connectivity index (χ2v) is 7.45. The molecule has 1 fully saturated rings. The molecule has 1 aliphatic rings. The van der Waals surface area contributed by atoms with Crippen LogP contribution in [-0.4, -0.2) is 45.9 Å². The minimum atomic E-state index is -0.741. The van der Waals surface area contributed by atoms with E-state index in [0.717, 1.165) is 5.56 Å². The smallest absolute Gasteiger partial charge is 0.410 e. The molecule has 1 aromatic carbocycles. The Bertz CT molecular complexity index is 788. The van der Waals surface area contributed by atoms with Gasteiger partial charge in [0.15, 0.2) is 0 Å². The molecular weight excluding hydrogens is 323 g/mol. The molecule has 1 aliphatic heterocycles. The summed E-state index contributed by atoms with van der Waals surface area (Å²) >= 11 is 0. The molecule has 0 spiro atoms. The molecular formula is C19H23FN2O3. The van der Waals surface area contributed by atoms with E-state index < -0.39 is 17.8 Å². The highest BCUT2D eigenvalue weighted by atomic mass is 19.1. The maximum absolute atomic E-state index is 13.6. The van der Waals surface area contributed by atoms with Gasteiger partial charge >= 0.3 is 6.09 Å². The zero-order valence-corrected chi connectivity index (χ0v) is 14.7. The SMILES string of the molecule is CC(C)(C)OC(=O)N1CC[C@H](c2ccnc3ccc(F)cc23)[C@H](O)C1. The molecule has 0 aliphatic carbocycles. The van der Waals surface area contributed by atoms with Crippen LogP contribution in [-0.2, 0) is 4.74 Å². The van der Waals surface area contributed by atoms with Gasteiger partial charge in [-0.1, -0.05) is 0 Å². The van der Waals surface area contributed by atoms with Gasteiger partial charge in [0.1, 0.15) is 11.4 Å². The summed E-state index contributed by atoms with van der Waals surface area (Å²) in [7, 11) is 0. The number of pyridine rings is 1. The number of likely N-dealkylation sites (tertiary alicyclic amines) is 1. The van der Waals surface area contributed by atoms with Crippen LogP contribution in [0.4, 0.5) is 9.18 Å². The predicted molar refractivity (Wildman–Crippen MR) is 92.9 cm³/mol. The van der Waals surface area contributed by atoms with E-state index in [9.17, 15) is 14.3 Å². The van der Waals surface area contributed by atoms with Crippen LogP contribution >= 0.6 is 0 Å². The van der Waals surface area contributed by atoms with Crippen molar-refractivity contribution in [3.8, 4) is 0 Å². The van der Waals surface area contributed by atoms with Crippen molar-refractivity contribution in [2.75, 3.05) is 13.1 Å². The maximum Gasteiger partial charge on any atom is 0.410 e. The number of carbonyl (C=O) groups is 1. The summed E-state index contributed by atoms with van der Waals surface area (Å²) in [5, 5.41) is 11.3. The fourth-order valence-electron chi connectivity index (χ4n) is 3.25. The predicted octanol–water partition coefficient (Wildman–Crippen LogP) is 3.46. The van der Waals surface area contributed by atoms with E-state index in [1.54, 1.807) is 12.3 Å². The van der Waals surface area contributed by atoms with E-state index >= 15 is 0 Å². The Kier molecular flexibility index (Phi) is 4.64. The maximum atomic E-state index is 13.6. The largest absolute Gasteiger partial charge is 0.444 e. The van der Waals surface area contributed by atoms with Gasteiger partial charge < -0.3 is 14.7 Å². The summed E-state index contributed by atoms with van der Waals surface area (Å²) in [6, 6.07) is 6.28. The molecule has 1 saturated heterocycles. The summed E-state index contributed by atoms with van der Waals surface area (Å²) < 4.78 is 19.0. The van der Waals surface area contributed by atoms with E-state index in [4.69, 9.17) is 4.74 Å². The molecule has 0 saturated carbocycles. The lowest BCUT2D eigenvalue weighted by Gasteiger charge is -2.37. The first-order valence-electron chi connectivity index (χ1n) is 8.45. The number of halogens is 1. The summed E-state index contributed by atoms with van der Waals surface area (Å²) in [6.45, 7) is 6.11. The van der Waals surface area contributed by atoms with E-state index in [0.29, 0.717) is 23.9 Å². The zero-order chi connectivity index (χ0) is 18.2. The molecule has 0 unspecified atom stereocenters. The number of aromatic nitrogens is 1. The minimum Gasteiger partial charge on any atom is -0.444 e. The molecule has 1 N–H and O–H groups in total. The highest BCUT2D eigenvalue weighted by molar-refractivity contribution is 5.82. The van der Waals surface area contributed by atoms with Crippen LogP contribution in [0.3, 0.4) is 0 Å². The lowest BCUT2D eigenvalue weighted by molar-refractivity contribution is -0.00139. The number of benzene rings is 1. The molecule has 6 heteroatoms. The Labute approximate surface area is 146 Å². The number of nitrogens with zero attached hydrogens (tertiary/aromatic N) is 2. The number of piperidine rings is 1. The van der Waals surface area contributed by atoms with Gasteiger partial charge in [0.05, 0.1) is 18.2 Å². The number of rotatable bonds is 1. The Morgan fingerprint density at radius 3 is 2.80 bits per heavy atom. The number of hydrogen-bond acceptors (Lipinski definition) is 4. The van der Waals surface area contributed by atoms with Crippen molar-refractivity contribution in [1.82, 2.24) is 9.88 Å². The van der Waals surface area contributed by atoms with Crippen molar-refractivity contribution in [1.29, 1.82) is 0 Å². The Morgan fingerprint density at radius 2 is 2.12 bits per heavy atom. The monoisotopic (exact) mass is 346 g/mol.